The van der Waals surface area contributed by atoms with Crippen molar-refractivity contribution in [3.8, 4) is 0 Å². The summed E-state index contributed by atoms with van der Waals surface area (Å²) in [6.45, 7) is 0. The van der Waals surface area contributed by atoms with E-state index in [4.69, 9.17) is 39.5 Å². The Balaban J connectivity index is 2.57. The number of hydrogen-bond donors (Lipinski definition) is 0. The van der Waals surface area contributed by atoms with Crippen LogP contribution in [0.1, 0.15) is 17.2 Å². The molecule has 0 bridgehead atoms. The molecule has 1 atom stereocenters. The number of carbonyl (C=O) groups is 1. The van der Waals surface area contributed by atoms with E-state index in [1.807, 2.05) is 0 Å². The van der Waals surface area contributed by atoms with Crippen LogP contribution in [0, 0.1) is 10.1 Å². The van der Waals surface area contributed by atoms with E-state index in [1.54, 1.807) is 30.3 Å². The molecule has 5 nitrogen and oxygen atoms in total. The van der Waals surface area contributed by atoms with Gasteiger partial charge in [0, 0.05) is 10.5 Å². The van der Waals surface area contributed by atoms with E-state index >= 15 is 0 Å². The average Bonchev–Trinajstić information content (AvgIpc) is 2.51. The average molecular weight is 454 g/mol. The normalized spacial score (nSPS) is 12.5. The second kappa shape index (κ2) is 7.70. The van der Waals surface area contributed by atoms with E-state index in [1.165, 1.54) is 18.2 Å². The van der Waals surface area contributed by atoms with Crippen LogP contribution in [-0.4, -0.2) is 14.7 Å². The number of nitrogens with zero attached hydrogens (tertiary/aromatic N) is 1. The zero-order valence-electron chi connectivity index (χ0n) is 11.8. The second-order valence-electron chi connectivity index (χ2n) is 4.65. The lowest BCUT2D eigenvalue weighted by atomic mass is 10.00. The Hall–Kier alpha value is -1.34. The first-order valence-electron chi connectivity index (χ1n) is 6.46. The van der Waals surface area contributed by atoms with Crippen molar-refractivity contribution in [1.29, 1.82) is 0 Å². The van der Waals surface area contributed by atoms with Crippen LogP contribution >= 0.6 is 50.7 Å². The summed E-state index contributed by atoms with van der Waals surface area (Å²) in [6.07, 6.45) is -1.10. The predicted molar refractivity (Wildman–Crippen MR) is 95.5 cm³/mol. The highest BCUT2D eigenvalue weighted by molar-refractivity contribution is 9.10. The second-order valence-corrected chi connectivity index (χ2v) is 7.85. The lowest BCUT2D eigenvalue weighted by Crippen LogP contribution is -2.25. The van der Waals surface area contributed by atoms with E-state index in [0.29, 0.717) is 10.0 Å². The number of nitro benzene ring substituents is 1. The van der Waals surface area contributed by atoms with Crippen LogP contribution in [0.2, 0.25) is 0 Å². The van der Waals surface area contributed by atoms with Gasteiger partial charge in [-0.05, 0) is 17.7 Å². The van der Waals surface area contributed by atoms with E-state index in [-0.39, 0.29) is 11.3 Å². The number of alkyl halides is 3. The minimum absolute atomic E-state index is 0.156. The van der Waals surface area contributed by atoms with Gasteiger partial charge >= 0.3 is 5.97 Å². The van der Waals surface area contributed by atoms with Crippen molar-refractivity contribution in [2.75, 3.05) is 0 Å². The maximum Gasteiger partial charge on any atom is 0.359 e. The van der Waals surface area contributed by atoms with Crippen LogP contribution < -0.4 is 0 Å². The van der Waals surface area contributed by atoms with Crippen molar-refractivity contribution in [2.45, 2.75) is 9.90 Å². The first-order valence-corrected chi connectivity index (χ1v) is 8.39. The smallest absolute Gasteiger partial charge is 0.359 e. The molecule has 0 aliphatic rings. The van der Waals surface area contributed by atoms with Gasteiger partial charge in [-0.3, -0.25) is 10.1 Å². The minimum atomic E-state index is -2.30. The Morgan fingerprint density at radius 3 is 2.33 bits per heavy atom. The van der Waals surface area contributed by atoms with Gasteiger partial charge in [-0.25, -0.2) is 4.79 Å². The van der Waals surface area contributed by atoms with E-state index in [2.05, 4.69) is 15.9 Å². The Morgan fingerprint density at radius 1 is 1.17 bits per heavy atom. The van der Waals surface area contributed by atoms with Crippen molar-refractivity contribution in [3.63, 3.8) is 0 Å². The number of benzene rings is 2. The van der Waals surface area contributed by atoms with Gasteiger partial charge < -0.3 is 4.74 Å². The molecule has 0 aliphatic heterocycles. The van der Waals surface area contributed by atoms with Crippen LogP contribution in [0.15, 0.2) is 53.0 Å². The number of carbonyl (C=O) groups excluding carboxylic acids is 1. The van der Waals surface area contributed by atoms with Gasteiger partial charge in [0.25, 0.3) is 9.48 Å². The molecule has 0 saturated carbocycles. The van der Waals surface area contributed by atoms with Crippen molar-refractivity contribution in [1.82, 2.24) is 0 Å². The van der Waals surface area contributed by atoms with E-state index < -0.39 is 20.8 Å². The number of rotatable bonds is 4. The SMILES string of the molecule is O=C(OC(c1ccccc1)c1cc(Br)ccc1[N+](=O)[O-])C(Cl)(Cl)Cl. The van der Waals surface area contributed by atoms with Gasteiger partial charge in [0.1, 0.15) is 0 Å². The third-order valence-corrected chi connectivity index (χ3v) is 3.98. The molecule has 2 aromatic rings. The summed E-state index contributed by atoms with van der Waals surface area (Å²) in [5.41, 5.74) is 0.439. The Kier molecular flexibility index (Phi) is 6.09. The molecule has 0 aromatic heterocycles. The Labute approximate surface area is 160 Å². The summed E-state index contributed by atoms with van der Waals surface area (Å²) in [5, 5.41) is 11.3. The molecule has 0 amide bonds. The van der Waals surface area contributed by atoms with Gasteiger partial charge in [0.15, 0.2) is 6.10 Å². The Bertz CT molecular complexity index is 765. The molecule has 2 aromatic carbocycles. The maximum absolute atomic E-state index is 12.0. The van der Waals surface area contributed by atoms with Gasteiger partial charge in [0.2, 0.25) is 0 Å². The number of halogens is 4. The molecule has 0 fully saturated rings. The van der Waals surface area contributed by atoms with Crippen LogP contribution in [0.5, 0.6) is 0 Å². The van der Waals surface area contributed by atoms with Crippen molar-refractivity contribution >= 4 is 62.4 Å². The molecular formula is C15H9BrCl3NO4. The summed E-state index contributed by atoms with van der Waals surface area (Å²) in [7, 11) is 0. The largest absolute Gasteiger partial charge is 0.449 e. The zero-order valence-corrected chi connectivity index (χ0v) is 15.6. The quantitative estimate of drug-likeness (QED) is 0.270. The first kappa shape index (κ1) is 19.0. The molecule has 0 aliphatic carbocycles. The molecule has 9 heteroatoms. The molecule has 0 radical (unpaired) electrons. The predicted octanol–water partition coefficient (Wildman–Crippen LogP) is 5.36. The summed E-state index contributed by atoms with van der Waals surface area (Å²) < 4.78 is 3.55. The van der Waals surface area contributed by atoms with Crippen molar-refractivity contribution in [3.05, 3.63) is 74.2 Å². The van der Waals surface area contributed by atoms with Crippen molar-refractivity contribution in [2.24, 2.45) is 0 Å². The fourth-order valence-electron chi connectivity index (χ4n) is 2.01. The Morgan fingerprint density at radius 2 is 1.79 bits per heavy atom. The third kappa shape index (κ3) is 4.60. The molecule has 0 heterocycles. The number of hydrogen-bond acceptors (Lipinski definition) is 4. The molecule has 1 unspecified atom stereocenters. The van der Waals surface area contributed by atoms with Crippen molar-refractivity contribution < 1.29 is 14.5 Å². The molecular weight excluding hydrogens is 444 g/mol. The van der Waals surface area contributed by atoms with Gasteiger partial charge in [0.05, 0.1) is 10.5 Å². The highest BCUT2D eigenvalue weighted by Gasteiger charge is 2.37. The fourth-order valence-corrected chi connectivity index (χ4v) is 2.53. The minimum Gasteiger partial charge on any atom is -0.449 e. The third-order valence-electron chi connectivity index (χ3n) is 3.03. The highest BCUT2D eigenvalue weighted by atomic mass is 79.9. The van der Waals surface area contributed by atoms with Gasteiger partial charge in [-0.15, -0.1) is 0 Å². The monoisotopic (exact) mass is 451 g/mol. The van der Waals surface area contributed by atoms with Gasteiger partial charge in [-0.1, -0.05) is 81.1 Å². The topological polar surface area (TPSA) is 69.4 Å². The highest BCUT2D eigenvalue weighted by Crippen LogP contribution is 2.37. The van der Waals surface area contributed by atoms with Crippen LogP contribution in [0.25, 0.3) is 0 Å². The van der Waals surface area contributed by atoms with E-state index in [9.17, 15) is 14.9 Å². The summed E-state index contributed by atoms with van der Waals surface area (Å²) in [5.74, 6) is -1.13. The van der Waals surface area contributed by atoms with Gasteiger partial charge in [-0.2, -0.15) is 0 Å². The first-order chi connectivity index (χ1) is 11.2. The zero-order chi connectivity index (χ0) is 17.9. The maximum atomic E-state index is 12.0. The summed E-state index contributed by atoms with van der Waals surface area (Å²) in [6, 6.07) is 12.8. The number of nitro groups is 1. The standard InChI is InChI=1S/C15H9BrCl3NO4/c16-10-6-7-12(20(22)23)11(8-10)13(9-4-2-1-3-5-9)24-14(21)15(17,18)19/h1-8,13H. The van der Waals surface area contributed by atoms with Crippen LogP contribution in [-0.2, 0) is 9.53 Å². The molecule has 0 saturated heterocycles. The summed E-state index contributed by atoms with van der Waals surface area (Å²) >= 11 is 19.9. The summed E-state index contributed by atoms with van der Waals surface area (Å²) in [4.78, 5) is 22.7. The number of ether oxygens (including phenoxy) is 1. The molecule has 0 N–H and O–H groups in total. The fraction of sp³-hybridized carbons (Fsp3) is 0.133. The molecule has 126 valence electrons. The molecule has 0 spiro atoms. The molecule has 2 rings (SSSR count). The lowest BCUT2D eigenvalue weighted by Gasteiger charge is -2.21. The van der Waals surface area contributed by atoms with E-state index in [0.717, 1.165) is 0 Å². The van der Waals surface area contributed by atoms with Crippen LogP contribution in [0.3, 0.4) is 0 Å². The number of esters is 1. The van der Waals surface area contributed by atoms with Crippen LogP contribution in [0.4, 0.5) is 5.69 Å². The lowest BCUT2D eigenvalue weighted by molar-refractivity contribution is -0.386. The molecule has 24 heavy (non-hydrogen) atoms.